The van der Waals surface area contributed by atoms with Crippen LogP contribution >= 0.6 is 11.3 Å². The summed E-state index contributed by atoms with van der Waals surface area (Å²) in [5.41, 5.74) is 0.999. The van der Waals surface area contributed by atoms with Crippen molar-refractivity contribution in [2.45, 2.75) is 19.9 Å². The Morgan fingerprint density at radius 3 is 2.54 bits per heavy atom. The molecule has 2 aliphatic rings. The van der Waals surface area contributed by atoms with E-state index < -0.39 is 11.8 Å². The molecule has 0 aromatic carbocycles. The summed E-state index contributed by atoms with van der Waals surface area (Å²) in [5.74, 6) is -1.28. The maximum atomic E-state index is 12.3. The molecule has 1 fully saturated rings. The van der Waals surface area contributed by atoms with Gasteiger partial charge < -0.3 is 19.4 Å². The third-order valence-corrected chi connectivity index (χ3v) is 5.43. The molecule has 3 rings (SSSR count). The Hall–Kier alpha value is -2.20. The molecule has 10 heteroatoms. The van der Waals surface area contributed by atoms with Gasteiger partial charge in [-0.15, -0.1) is 11.3 Å². The number of nitrogens with zero attached hydrogens (tertiary/aromatic N) is 4. The van der Waals surface area contributed by atoms with Gasteiger partial charge in [-0.05, 0) is 14.0 Å². The van der Waals surface area contributed by atoms with Crippen LogP contribution in [0, 0.1) is 0 Å². The molecular weight excluding hydrogens is 358 g/mol. The topological polar surface area (TPSA) is 95.1 Å². The Morgan fingerprint density at radius 1 is 1.15 bits per heavy atom. The lowest BCUT2D eigenvalue weighted by molar-refractivity contribution is -0.144. The fraction of sp³-hybridized carbons (Fsp3) is 0.625. The Balaban J connectivity index is 1.53. The van der Waals surface area contributed by atoms with E-state index in [-0.39, 0.29) is 6.09 Å². The molecule has 1 aromatic rings. The minimum absolute atomic E-state index is 0.310. The molecule has 0 unspecified atom stereocenters. The van der Waals surface area contributed by atoms with Crippen molar-refractivity contribution in [2.24, 2.45) is 0 Å². The van der Waals surface area contributed by atoms with E-state index in [4.69, 9.17) is 4.74 Å². The summed E-state index contributed by atoms with van der Waals surface area (Å²) in [7, 11) is 2.04. The van der Waals surface area contributed by atoms with Gasteiger partial charge in [0.05, 0.1) is 12.3 Å². The third-order valence-electron chi connectivity index (χ3n) is 4.43. The van der Waals surface area contributed by atoms with Crippen LogP contribution in [0.2, 0.25) is 0 Å². The van der Waals surface area contributed by atoms with E-state index in [1.807, 2.05) is 7.05 Å². The van der Waals surface area contributed by atoms with Gasteiger partial charge in [-0.3, -0.25) is 14.9 Å². The highest BCUT2D eigenvalue weighted by atomic mass is 32.1. The van der Waals surface area contributed by atoms with Gasteiger partial charge in [0.1, 0.15) is 0 Å². The molecular formula is C16H23N5O4S. The first-order valence-electron chi connectivity index (χ1n) is 8.67. The number of anilines is 1. The number of carbonyl (C=O) groups excluding carboxylic acids is 3. The second kappa shape index (κ2) is 8.00. The highest BCUT2D eigenvalue weighted by Crippen LogP contribution is 2.27. The molecule has 142 valence electrons. The van der Waals surface area contributed by atoms with Crippen molar-refractivity contribution in [2.75, 3.05) is 51.7 Å². The minimum atomic E-state index is -0.686. The van der Waals surface area contributed by atoms with Gasteiger partial charge in [0.2, 0.25) is 0 Å². The van der Waals surface area contributed by atoms with Crippen LogP contribution in [0.25, 0.3) is 0 Å². The Bertz CT molecular complexity index is 699. The van der Waals surface area contributed by atoms with E-state index in [1.54, 1.807) is 6.92 Å². The molecule has 1 aromatic heterocycles. The average molecular weight is 381 g/mol. The first kappa shape index (κ1) is 18.6. The lowest BCUT2D eigenvalue weighted by atomic mass is 10.2. The maximum absolute atomic E-state index is 12.3. The monoisotopic (exact) mass is 381 g/mol. The van der Waals surface area contributed by atoms with Crippen LogP contribution in [0.15, 0.2) is 0 Å². The fourth-order valence-electron chi connectivity index (χ4n) is 2.98. The maximum Gasteiger partial charge on any atom is 0.409 e. The first-order valence-corrected chi connectivity index (χ1v) is 9.48. The zero-order valence-corrected chi connectivity index (χ0v) is 15.8. The Morgan fingerprint density at radius 2 is 1.85 bits per heavy atom. The van der Waals surface area contributed by atoms with Crippen molar-refractivity contribution in [1.29, 1.82) is 0 Å². The summed E-state index contributed by atoms with van der Waals surface area (Å²) >= 11 is 1.42. The number of ether oxygens (including phenoxy) is 1. The predicted molar refractivity (Wildman–Crippen MR) is 96.0 cm³/mol. The van der Waals surface area contributed by atoms with Crippen LogP contribution in [0.5, 0.6) is 0 Å². The number of rotatable bonds is 2. The number of piperazine rings is 1. The molecule has 3 amide bonds. The molecule has 3 heterocycles. The molecule has 0 aliphatic carbocycles. The lowest BCUT2D eigenvalue weighted by Crippen LogP contribution is -2.53. The van der Waals surface area contributed by atoms with Gasteiger partial charge in [-0.25, -0.2) is 9.78 Å². The van der Waals surface area contributed by atoms with Crippen molar-refractivity contribution in [3.63, 3.8) is 0 Å². The number of fused-ring (bicyclic) bond motifs is 1. The first-order chi connectivity index (χ1) is 12.5. The third kappa shape index (κ3) is 4.13. The molecule has 1 saturated heterocycles. The van der Waals surface area contributed by atoms with E-state index >= 15 is 0 Å². The molecule has 0 bridgehead atoms. The highest BCUT2D eigenvalue weighted by Gasteiger charge is 2.29. The molecule has 9 nitrogen and oxygen atoms in total. The van der Waals surface area contributed by atoms with E-state index in [9.17, 15) is 14.4 Å². The largest absolute Gasteiger partial charge is 0.450 e. The normalized spacial score (nSPS) is 17.6. The second-order valence-corrected chi connectivity index (χ2v) is 7.39. The van der Waals surface area contributed by atoms with Crippen LogP contribution in [0.4, 0.5) is 9.93 Å². The Kier molecular flexibility index (Phi) is 5.72. The standard InChI is InChI=1S/C16H23N5O4S/c1-3-25-16(24)21-8-6-20(7-9-21)14(23)13(22)18-15-17-11-4-5-19(2)10-12(11)26-15/h3-10H2,1-2H3,(H,17,18,22). The molecule has 1 N–H and O–H groups in total. The quantitative estimate of drug-likeness (QED) is 0.744. The fourth-order valence-corrected chi connectivity index (χ4v) is 4.06. The molecule has 2 aliphatic heterocycles. The highest BCUT2D eigenvalue weighted by molar-refractivity contribution is 7.16. The van der Waals surface area contributed by atoms with Gasteiger partial charge in [0, 0.05) is 50.6 Å². The number of amides is 3. The molecule has 0 atom stereocenters. The van der Waals surface area contributed by atoms with Crippen molar-refractivity contribution in [3.05, 3.63) is 10.6 Å². The summed E-state index contributed by atoms with van der Waals surface area (Å²) < 4.78 is 4.94. The van der Waals surface area contributed by atoms with Crippen LogP contribution in [0.1, 0.15) is 17.5 Å². The second-order valence-electron chi connectivity index (χ2n) is 6.31. The zero-order valence-electron chi connectivity index (χ0n) is 15.0. The van der Waals surface area contributed by atoms with Crippen molar-refractivity contribution in [1.82, 2.24) is 19.7 Å². The van der Waals surface area contributed by atoms with Crippen LogP contribution in [-0.4, -0.2) is 84.0 Å². The lowest BCUT2D eigenvalue weighted by Gasteiger charge is -2.33. The van der Waals surface area contributed by atoms with Gasteiger partial charge >= 0.3 is 17.9 Å². The van der Waals surface area contributed by atoms with E-state index in [0.29, 0.717) is 37.9 Å². The summed E-state index contributed by atoms with van der Waals surface area (Å²) in [6.45, 7) is 5.14. The number of carbonyl (C=O) groups is 3. The molecule has 0 spiro atoms. The van der Waals surface area contributed by atoms with Gasteiger partial charge in [0.25, 0.3) is 0 Å². The predicted octanol–water partition coefficient (Wildman–Crippen LogP) is 0.370. The van der Waals surface area contributed by atoms with E-state index in [0.717, 1.165) is 30.1 Å². The van der Waals surface area contributed by atoms with Crippen molar-refractivity contribution < 1.29 is 19.1 Å². The van der Waals surface area contributed by atoms with Gasteiger partial charge in [-0.1, -0.05) is 0 Å². The average Bonchev–Trinajstić information content (AvgIpc) is 3.02. The SMILES string of the molecule is CCOC(=O)N1CCN(C(=O)C(=O)Nc2nc3c(s2)CN(C)CC3)CC1. The minimum Gasteiger partial charge on any atom is -0.450 e. The number of hydrogen-bond donors (Lipinski definition) is 1. The smallest absolute Gasteiger partial charge is 0.409 e. The summed E-state index contributed by atoms with van der Waals surface area (Å²) in [4.78, 5) is 47.0. The van der Waals surface area contributed by atoms with Crippen LogP contribution in [0.3, 0.4) is 0 Å². The zero-order chi connectivity index (χ0) is 18.7. The number of thiazole rings is 1. The summed E-state index contributed by atoms with van der Waals surface area (Å²) in [6.07, 6.45) is 0.462. The van der Waals surface area contributed by atoms with Gasteiger partial charge in [-0.2, -0.15) is 0 Å². The molecule has 0 radical (unpaired) electrons. The number of hydrogen-bond acceptors (Lipinski definition) is 7. The van der Waals surface area contributed by atoms with Crippen LogP contribution in [-0.2, 0) is 27.3 Å². The van der Waals surface area contributed by atoms with Crippen LogP contribution < -0.4 is 5.32 Å². The van der Waals surface area contributed by atoms with Gasteiger partial charge in [0.15, 0.2) is 5.13 Å². The number of aromatic nitrogens is 1. The van der Waals surface area contributed by atoms with E-state index in [2.05, 4.69) is 15.2 Å². The van der Waals surface area contributed by atoms with E-state index in [1.165, 1.54) is 21.1 Å². The number of likely N-dealkylation sites (N-methyl/N-ethyl adjacent to an activating group) is 1. The molecule has 0 saturated carbocycles. The van der Waals surface area contributed by atoms with Crippen molar-refractivity contribution >= 4 is 34.4 Å². The number of nitrogens with one attached hydrogen (secondary N) is 1. The molecule has 26 heavy (non-hydrogen) atoms. The van der Waals surface area contributed by atoms with Crippen molar-refractivity contribution in [3.8, 4) is 0 Å². The summed E-state index contributed by atoms with van der Waals surface area (Å²) in [6, 6.07) is 0. The Labute approximate surface area is 155 Å². The summed E-state index contributed by atoms with van der Waals surface area (Å²) in [5, 5.41) is 3.09.